The summed E-state index contributed by atoms with van der Waals surface area (Å²) in [5.41, 5.74) is 0.961. The van der Waals surface area contributed by atoms with Gasteiger partial charge in [-0.2, -0.15) is 0 Å². The quantitative estimate of drug-likeness (QED) is 0.784. The molecule has 128 valence electrons. The van der Waals surface area contributed by atoms with Crippen molar-refractivity contribution in [2.45, 2.75) is 45.2 Å². The van der Waals surface area contributed by atoms with E-state index in [9.17, 15) is 4.79 Å². The average Bonchev–Trinajstić information content (AvgIpc) is 2.61. The molecule has 0 spiro atoms. The number of pyridine rings is 1. The first-order valence-electron chi connectivity index (χ1n) is 8.35. The second-order valence-electron chi connectivity index (χ2n) is 5.76. The van der Waals surface area contributed by atoms with Crippen molar-refractivity contribution in [3.8, 4) is 5.88 Å². The summed E-state index contributed by atoms with van der Waals surface area (Å²) < 4.78 is 10.3. The summed E-state index contributed by atoms with van der Waals surface area (Å²) in [6, 6.07) is 4.13. The van der Waals surface area contributed by atoms with Gasteiger partial charge in [0.05, 0.1) is 6.61 Å². The summed E-state index contributed by atoms with van der Waals surface area (Å²) in [4.78, 5) is 18.5. The van der Waals surface area contributed by atoms with Gasteiger partial charge in [0.2, 0.25) is 5.88 Å². The standard InChI is InChI=1S/C17H27N3O3/c1-3-15-6-4-5-9-20(15)17(21)19-13-14-7-8-16(18-12-14)23-11-10-22-2/h7-8,12,15H,3-6,9-11,13H2,1-2H3,(H,19,21). The Balaban J connectivity index is 1.79. The lowest BCUT2D eigenvalue weighted by Crippen LogP contribution is -2.48. The monoisotopic (exact) mass is 321 g/mol. The zero-order valence-corrected chi connectivity index (χ0v) is 14.1. The van der Waals surface area contributed by atoms with Crippen LogP contribution in [0.3, 0.4) is 0 Å². The fourth-order valence-corrected chi connectivity index (χ4v) is 2.80. The highest BCUT2D eigenvalue weighted by Crippen LogP contribution is 2.19. The lowest BCUT2D eigenvalue weighted by Gasteiger charge is -2.35. The summed E-state index contributed by atoms with van der Waals surface area (Å²) in [6.45, 7) is 4.50. The number of hydrogen-bond acceptors (Lipinski definition) is 4. The maximum Gasteiger partial charge on any atom is 0.317 e. The molecule has 6 nitrogen and oxygen atoms in total. The van der Waals surface area contributed by atoms with Crippen molar-refractivity contribution >= 4 is 6.03 Å². The fourth-order valence-electron chi connectivity index (χ4n) is 2.80. The van der Waals surface area contributed by atoms with Gasteiger partial charge in [0.15, 0.2) is 0 Å². The molecule has 0 saturated carbocycles. The highest BCUT2D eigenvalue weighted by molar-refractivity contribution is 5.74. The van der Waals surface area contributed by atoms with E-state index < -0.39 is 0 Å². The van der Waals surface area contributed by atoms with Gasteiger partial charge in [-0.3, -0.25) is 0 Å². The molecule has 1 saturated heterocycles. The van der Waals surface area contributed by atoms with Crippen LogP contribution in [0, 0.1) is 0 Å². The predicted molar refractivity (Wildman–Crippen MR) is 88.5 cm³/mol. The number of urea groups is 1. The van der Waals surface area contributed by atoms with E-state index in [1.807, 2.05) is 17.0 Å². The van der Waals surface area contributed by atoms with E-state index in [4.69, 9.17) is 9.47 Å². The van der Waals surface area contributed by atoms with Gasteiger partial charge in [-0.25, -0.2) is 9.78 Å². The summed E-state index contributed by atoms with van der Waals surface area (Å²) in [6.07, 6.45) is 6.17. The third kappa shape index (κ3) is 5.39. The van der Waals surface area contributed by atoms with Crippen molar-refractivity contribution < 1.29 is 14.3 Å². The molecule has 0 radical (unpaired) electrons. The van der Waals surface area contributed by atoms with Crippen LogP contribution in [0.5, 0.6) is 5.88 Å². The van der Waals surface area contributed by atoms with Crippen molar-refractivity contribution in [1.82, 2.24) is 15.2 Å². The van der Waals surface area contributed by atoms with Crippen molar-refractivity contribution in [3.63, 3.8) is 0 Å². The van der Waals surface area contributed by atoms with Gasteiger partial charge >= 0.3 is 6.03 Å². The van der Waals surface area contributed by atoms with Crippen LogP contribution in [-0.4, -0.2) is 48.8 Å². The van der Waals surface area contributed by atoms with Crippen LogP contribution in [0.25, 0.3) is 0 Å². The SMILES string of the molecule is CCC1CCCCN1C(=O)NCc1ccc(OCCOC)nc1. The molecule has 1 aliphatic heterocycles. The Hall–Kier alpha value is -1.82. The number of ether oxygens (including phenoxy) is 2. The molecule has 0 aromatic carbocycles. The van der Waals surface area contributed by atoms with Gasteiger partial charge in [0, 0.05) is 38.5 Å². The Kier molecular flexibility index (Phi) is 7.13. The number of carbonyl (C=O) groups is 1. The Morgan fingerprint density at radius 1 is 1.39 bits per heavy atom. The molecule has 2 rings (SSSR count). The normalized spacial score (nSPS) is 17.8. The smallest absolute Gasteiger partial charge is 0.317 e. The number of carbonyl (C=O) groups excluding carboxylic acids is 1. The van der Waals surface area contributed by atoms with Gasteiger partial charge in [-0.15, -0.1) is 0 Å². The van der Waals surface area contributed by atoms with E-state index in [-0.39, 0.29) is 6.03 Å². The fraction of sp³-hybridized carbons (Fsp3) is 0.647. The molecule has 1 atom stereocenters. The molecular formula is C17H27N3O3. The van der Waals surface area contributed by atoms with E-state index in [1.165, 1.54) is 6.42 Å². The van der Waals surface area contributed by atoms with Crippen LogP contribution in [0.1, 0.15) is 38.2 Å². The number of aromatic nitrogens is 1. The minimum atomic E-state index is 0.0250. The summed E-state index contributed by atoms with van der Waals surface area (Å²) in [5, 5.41) is 2.99. The number of piperidine rings is 1. The maximum absolute atomic E-state index is 12.3. The van der Waals surface area contributed by atoms with E-state index in [2.05, 4.69) is 17.2 Å². The van der Waals surface area contributed by atoms with E-state index in [1.54, 1.807) is 13.3 Å². The van der Waals surface area contributed by atoms with Crippen molar-refractivity contribution in [2.24, 2.45) is 0 Å². The van der Waals surface area contributed by atoms with Gasteiger partial charge < -0.3 is 19.7 Å². The molecule has 2 heterocycles. The molecule has 6 heteroatoms. The van der Waals surface area contributed by atoms with Crippen molar-refractivity contribution in [2.75, 3.05) is 26.9 Å². The largest absolute Gasteiger partial charge is 0.475 e. The molecule has 2 amide bonds. The average molecular weight is 321 g/mol. The Bertz CT molecular complexity index is 478. The van der Waals surface area contributed by atoms with Crippen LogP contribution in [0.4, 0.5) is 4.79 Å². The summed E-state index contributed by atoms with van der Waals surface area (Å²) in [5.74, 6) is 0.569. The number of methoxy groups -OCH3 is 1. The maximum atomic E-state index is 12.3. The first kappa shape index (κ1) is 17.5. The number of nitrogens with zero attached hydrogens (tertiary/aromatic N) is 2. The summed E-state index contributed by atoms with van der Waals surface area (Å²) >= 11 is 0. The van der Waals surface area contributed by atoms with Gasteiger partial charge in [0.1, 0.15) is 6.61 Å². The Labute approximate surface area is 138 Å². The molecule has 0 aliphatic carbocycles. The molecular weight excluding hydrogens is 294 g/mol. The zero-order chi connectivity index (χ0) is 16.5. The van der Waals surface area contributed by atoms with Crippen LogP contribution in [0.15, 0.2) is 18.3 Å². The van der Waals surface area contributed by atoms with Gasteiger partial charge in [0.25, 0.3) is 0 Å². The van der Waals surface area contributed by atoms with Crippen LogP contribution >= 0.6 is 0 Å². The zero-order valence-electron chi connectivity index (χ0n) is 14.1. The lowest BCUT2D eigenvalue weighted by molar-refractivity contribution is 0.143. The first-order chi connectivity index (χ1) is 11.2. The third-order valence-corrected chi connectivity index (χ3v) is 4.14. The number of nitrogens with one attached hydrogen (secondary N) is 1. The minimum absolute atomic E-state index is 0.0250. The second-order valence-corrected chi connectivity index (χ2v) is 5.76. The second kappa shape index (κ2) is 9.35. The van der Waals surface area contributed by atoms with Crippen molar-refractivity contribution in [3.05, 3.63) is 23.9 Å². The lowest BCUT2D eigenvalue weighted by atomic mass is 10.0. The molecule has 23 heavy (non-hydrogen) atoms. The highest BCUT2D eigenvalue weighted by atomic mass is 16.5. The summed E-state index contributed by atoms with van der Waals surface area (Å²) in [7, 11) is 1.63. The minimum Gasteiger partial charge on any atom is -0.475 e. The number of rotatable bonds is 7. The van der Waals surface area contributed by atoms with Gasteiger partial charge in [-0.05, 0) is 31.2 Å². The number of likely N-dealkylation sites (tertiary alicyclic amines) is 1. The third-order valence-electron chi connectivity index (χ3n) is 4.14. The highest BCUT2D eigenvalue weighted by Gasteiger charge is 2.24. The number of hydrogen-bond donors (Lipinski definition) is 1. The molecule has 1 N–H and O–H groups in total. The number of amides is 2. The molecule has 1 aromatic rings. The van der Waals surface area contributed by atoms with Crippen LogP contribution < -0.4 is 10.1 Å². The molecule has 1 aromatic heterocycles. The molecule has 1 fully saturated rings. The molecule has 1 unspecified atom stereocenters. The van der Waals surface area contributed by atoms with Crippen molar-refractivity contribution in [1.29, 1.82) is 0 Å². The first-order valence-corrected chi connectivity index (χ1v) is 8.35. The Morgan fingerprint density at radius 3 is 2.96 bits per heavy atom. The van der Waals surface area contributed by atoms with E-state index in [0.29, 0.717) is 31.7 Å². The Morgan fingerprint density at radius 2 is 2.26 bits per heavy atom. The van der Waals surface area contributed by atoms with Gasteiger partial charge in [-0.1, -0.05) is 13.0 Å². The molecule has 0 bridgehead atoms. The van der Waals surface area contributed by atoms with Crippen LogP contribution in [-0.2, 0) is 11.3 Å². The molecule has 1 aliphatic rings. The van der Waals surface area contributed by atoms with E-state index >= 15 is 0 Å². The topological polar surface area (TPSA) is 63.7 Å². The van der Waals surface area contributed by atoms with Crippen LogP contribution in [0.2, 0.25) is 0 Å². The predicted octanol–water partition coefficient (Wildman–Crippen LogP) is 2.58. The van der Waals surface area contributed by atoms with E-state index in [0.717, 1.165) is 31.4 Å².